The molecule has 6 heteroatoms. The number of nitrogens with zero attached hydrogens (tertiary/aromatic N) is 2. The van der Waals surface area contributed by atoms with Gasteiger partial charge in [-0.3, -0.25) is 4.79 Å². The first kappa shape index (κ1) is 14.8. The van der Waals surface area contributed by atoms with Gasteiger partial charge in [0.15, 0.2) is 11.5 Å². The number of ether oxygens (including phenoxy) is 2. The van der Waals surface area contributed by atoms with Gasteiger partial charge >= 0.3 is 6.01 Å². The van der Waals surface area contributed by atoms with Gasteiger partial charge in [0.2, 0.25) is 0 Å². The van der Waals surface area contributed by atoms with E-state index in [4.69, 9.17) is 15.2 Å². The van der Waals surface area contributed by atoms with Gasteiger partial charge < -0.3 is 15.2 Å². The molecule has 0 aliphatic carbocycles. The molecular weight excluding hydrogens is 270 g/mol. The summed E-state index contributed by atoms with van der Waals surface area (Å²) in [4.78, 5) is 18.8. The van der Waals surface area contributed by atoms with E-state index in [1.54, 1.807) is 7.11 Å². The number of carbonyl (C=O) groups is 1. The number of hydrogen-bond acceptors (Lipinski definition) is 5. The standard InChI is InChI=1S/C15H17N3O3/c1-3-4-10-5-6-12(13(7-10)20-2)21-15-17-8-11(9-18-15)14(16)19/h5-9H,3-4H2,1-2H3,(H2,16,19). The van der Waals surface area contributed by atoms with Crippen molar-refractivity contribution in [1.29, 1.82) is 0 Å². The molecule has 1 aromatic heterocycles. The van der Waals surface area contributed by atoms with Crippen molar-refractivity contribution in [2.45, 2.75) is 19.8 Å². The lowest BCUT2D eigenvalue weighted by molar-refractivity contribution is 0.0999. The molecule has 6 nitrogen and oxygen atoms in total. The number of carbonyl (C=O) groups excluding carboxylic acids is 1. The summed E-state index contributed by atoms with van der Waals surface area (Å²) < 4.78 is 10.9. The topological polar surface area (TPSA) is 87.3 Å². The van der Waals surface area contributed by atoms with Crippen molar-refractivity contribution in [3.05, 3.63) is 41.7 Å². The molecule has 0 spiro atoms. The van der Waals surface area contributed by atoms with E-state index in [0.717, 1.165) is 12.8 Å². The normalized spacial score (nSPS) is 10.2. The maximum Gasteiger partial charge on any atom is 0.322 e. The highest BCUT2D eigenvalue weighted by atomic mass is 16.5. The van der Waals surface area contributed by atoms with Crippen molar-refractivity contribution < 1.29 is 14.3 Å². The molecule has 0 radical (unpaired) electrons. The predicted molar refractivity (Wildman–Crippen MR) is 77.6 cm³/mol. The second kappa shape index (κ2) is 6.69. The Morgan fingerprint density at radius 1 is 1.24 bits per heavy atom. The molecule has 2 aromatic rings. The van der Waals surface area contributed by atoms with Crippen LogP contribution in [0.3, 0.4) is 0 Å². The lowest BCUT2D eigenvalue weighted by Crippen LogP contribution is -2.11. The van der Waals surface area contributed by atoms with Crippen molar-refractivity contribution in [2.75, 3.05) is 7.11 Å². The second-order valence-corrected chi connectivity index (χ2v) is 4.46. The molecule has 0 aliphatic heterocycles. The summed E-state index contributed by atoms with van der Waals surface area (Å²) in [7, 11) is 1.58. The van der Waals surface area contributed by atoms with Crippen LogP contribution in [0.4, 0.5) is 0 Å². The minimum atomic E-state index is -0.581. The van der Waals surface area contributed by atoms with Crippen LogP contribution in [0.1, 0.15) is 29.3 Å². The van der Waals surface area contributed by atoms with Crippen LogP contribution >= 0.6 is 0 Å². The first-order valence-electron chi connectivity index (χ1n) is 6.60. The molecule has 2 N–H and O–H groups in total. The molecule has 110 valence electrons. The fourth-order valence-electron chi connectivity index (χ4n) is 1.83. The van der Waals surface area contributed by atoms with Gasteiger partial charge in [0.1, 0.15) is 0 Å². The molecule has 0 fully saturated rings. The van der Waals surface area contributed by atoms with Gasteiger partial charge in [0.25, 0.3) is 5.91 Å². The van der Waals surface area contributed by atoms with Crippen molar-refractivity contribution in [3.63, 3.8) is 0 Å². The zero-order chi connectivity index (χ0) is 15.2. The third-order valence-electron chi connectivity index (χ3n) is 2.88. The van der Waals surface area contributed by atoms with Crippen LogP contribution in [-0.4, -0.2) is 23.0 Å². The van der Waals surface area contributed by atoms with Crippen LogP contribution < -0.4 is 15.2 Å². The Labute approximate surface area is 122 Å². The summed E-state index contributed by atoms with van der Waals surface area (Å²) in [5.74, 6) is 0.552. The van der Waals surface area contributed by atoms with Crippen LogP contribution in [0.15, 0.2) is 30.6 Å². The summed E-state index contributed by atoms with van der Waals surface area (Å²) >= 11 is 0. The number of nitrogens with two attached hydrogens (primary N) is 1. The monoisotopic (exact) mass is 287 g/mol. The largest absolute Gasteiger partial charge is 0.493 e. The number of methoxy groups -OCH3 is 1. The van der Waals surface area contributed by atoms with Gasteiger partial charge in [-0.15, -0.1) is 0 Å². The van der Waals surface area contributed by atoms with Crippen LogP contribution in [0, 0.1) is 0 Å². The van der Waals surface area contributed by atoms with E-state index in [0.29, 0.717) is 11.5 Å². The quantitative estimate of drug-likeness (QED) is 0.881. The summed E-state index contributed by atoms with van der Waals surface area (Å²) in [5.41, 5.74) is 6.53. The Kier molecular flexibility index (Phi) is 4.71. The van der Waals surface area contributed by atoms with Crippen molar-refractivity contribution in [3.8, 4) is 17.5 Å². The van der Waals surface area contributed by atoms with E-state index in [1.807, 2.05) is 18.2 Å². The molecule has 0 saturated carbocycles. The number of hydrogen-bond donors (Lipinski definition) is 1. The molecule has 0 bridgehead atoms. The fraction of sp³-hybridized carbons (Fsp3) is 0.267. The number of amides is 1. The minimum absolute atomic E-state index is 0.126. The van der Waals surface area contributed by atoms with Gasteiger partial charge in [0.05, 0.1) is 12.7 Å². The van der Waals surface area contributed by atoms with Crippen LogP contribution in [-0.2, 0) is 6.42 Å². The van der Waals surface area contributed by atoms with Gasteiger partial charge in [-0.05, 0) is 24.1 Å². The highest BCUT2D eigenvalue weighted by molar-refractivity contribution is 5.92. The number of aromatic nitrogens is 2. The first-order valence-corrected chi connectivity index (χ1v) is 6.60. The van der Waals surface area contributed by atoms with E-state index in [9.17, 15) is 4.79 Å². The van der Waals surface area contributed by atoms with Gasteiger partial charge in [-0.2, -0.15) is 0 Å². The van der Waals surface area contributed by atoms with Gasteiger partial charge in [0, 0.05) is 12.4 Å². The summed E-state index contributed by atoms with van der Waals surface area (Å²) in [6.45, 7) is 2.12. The van der Waals surface area contributed by atoms with Crippen molar-refractivity contribution in [2.24, 2.45) is 5.73 Å². The Bertz CT molecular complexity index is 627. The molecule has 0 unspecified atom stereocenters. The summed E-state index contributed by atoms with van der Waals surface area (Å²) in [6.07, 6.45) is 4.67. The molecule has 1 heterocycles. The zero-order valence-electron chi connectivity index (χ0n) is 12.0. The third-order valence-corrected chi connectivity index (χ3v) is 2.88. The highest BCUT2D eigenvalue weighted by Crippen LogP contribution is 2.31. The number of rotatable bonds is 6. The molecule has 0 aliphatic rings. The first-order chi connectivity index (χ1) is 10.1. The molecule has 2 rings (SSSR count). The SMILES string of the molecule is CCCc1ccc(Oc2ncc(C(N)=O)cn2)c(OC)c1. The molecular formula is C15H17N3O3. The molecule has 21 heavy (non-hydrogen) atoms. The van der Waals surface area contributed by atoms with E-state index in [2.05, 4.69) is 16.9 Å². The zero-order valence-corrected chi connectivity index (χ0v) is 12.0. The van der Waals surface area contributed by atoms with E-state index < -0.39 is 5.91 Å². The van der Waals surface area contributed by atoms with Crippen molar-refractivity contribution >= 4 is 5.91 Å². The Hall–Kier alpha value is -2.63. The number of primary amides is 1. The molecule has 1 amide bonds. The van der Waals surface area contributed by atoms with E-state index >= 15 is 0 Å². The summed E-state index contributed by atoms with van der Waals surface area (Å²) in [5, 5.41) is 0. The molecule has 0 atom stereocenters. The van der Waals surface area contributed by atoms with Crippen molar-refractivity contribution in [1.82, 2.24) is 9.97 Å². The highest BCUT2D eigenvalue weighted by Gasteiger charge is 2.09. The lowest BCUT2D eigenvalue weighted by atomic mass is 10.1. The Morgan fingerprint density at radius 2 is 1.95 bits per heavy atom. The maximum absolute atomic E-state index is 11.0. The average Bonchev–Trinajstić information content (AvgIpc) is 2.49. The smallest absolute Gasteiger partial charge is 0.322 e. The van der Waals surface area contributed by atoms with E-state index in [-0.39, 0.29) is 11.6 Å². The fourth-order valence-corrected chi connectivity index (χ4v) is 1.83. The Morgan fingerprint density at radius 3 is 2.52 bits per heavy atom. The molecule has 0 saturated heterocycles. The van der Waals surface area contributed by atoms with Gasteiger partial charge in [-0.25, -0.2) is 9.97 Å². The molecule has 1 aromatic carbocycles. The predicted octanol–water partition coefficient (Wildman–Crippen LogP) is 2.33. The summed E-state index contributed by atoms with van der Waals surface area (Å²) in [6, 6.07) is 5.84. The maximum atomic E-state index is 11.0. The minimum Gasteiger partial charge on any atom is -0.493 e. The van der Waals surface area contributed by atoms with E-state index in [1.165, 1.54) is 18.0 Å². The third kappa shape index (κ3) is 3.68. The van der Waals surface area contributed by atoms with Crippen LogP contribution in [0.5, 0.6) is 17.5 Å². The Balaban J connectivity index is 2.20. The number of benzene rings is 1. The van der Waals surface area contributed by atoms with Gasteiger partial charge in [-0.1, -0.05) is 19.4 Å². The average molecular weight is 287 g/mol. The van der Waals surface area contributed by atoms with Crippen LogP contribution in [0.2, 0.25) is 0 Å². The lowest BCUT2D eigenvalue weighted by Gasteiger charge is -2.10. The van der Waals surface area contributed by atoms with Crippen LogP contribution in [0.25, 0.3) is 0 Å². The second-order valence-electron chi connectivity index (χ2n) is 4.46. The number of aryl methyl sites for hydroxylation is 1.